The molecule has 0 fully saturated rings. The van der Waals surface area contributed by atoms with Gasteiger partial charge in [0.05, 0.1) is 11.0 Å². The van der Waals surface area contributed by atoms with E-state index < -0.39 is 0 Å². The zero-order chi connectivity index (χ0) is 10.4. The van der Waals surface area contributed by atoms with Crippen LogP contribution in [0.1, 0.15) is 5.82 Å². The summed E-state index contributed by atoms with van der Waals surface area (Å²) in [6.07, 6.45) is 0. The van der Waals surface area contributed by atoms with Gasteiger partial charge in [-0.3, -0.25) is 0 Å². The molecule has 5 nitrogen and oxygen atoms in total. The summed E-state index contributed by atoms with van der Waals surface area (Å²) in [4.78, 5) is 12.7. The van der Waals surface area contributed by atoms with Crippen molar-refractivity contribution in [3.05, 3.63) is 30.1 Å². The van der Waals surface area contributed by atoms with E-state index in [9.17, 15) is 0 Å². The number of para-hydroxylation sites is 2. The molecule has 2 heterocycles. The van der Waals surface area contributed by atoms with E-state index in [0.29, 0.717) is 17.6 Å². The SMILES string of the molecule is Cc1nc(N)n2c(n1)nc1ccccc12. The monoisotopic (exact) mass is 199 g/mol. The largest absolute Gasteiger partial charge is 0.369 e. The van der Waals surface area contributed by atoms with Gasteiger partial charge in [0.2, 0.25) is 11.7 Å². The maximum absolute atomic E-state index is 5.84. The second kappa shape index (κ2) is 2.66. The third-order valence-electron chi connectivity index (χ3n) is 2.31. The fourth-order valence-electron chi connectivity index (χ4n) is 1.70. The maximum Gasteiger partial charge on any atom is 0.239 e. The van der Waals surface area contributed by atoms with Crippen LogP contribution >= 0.6 is 0 Å². The maximum atomic E-state index is 5.84. The summed E-state index contributed by atoms with van der Waals surface area (Å²) >= 11 is 0. The van der Waals surface area contributed by atoms with Crippen molar-refractivity contribution < 1.29 is 0 Å². The average Bonchev–Trinajstić information content (AvgIpc) is 2.54. The van der Waals surface area contributed by atoms with Crippen molar-refractivity contribution in [1.82, 2.24) is 19.4 Å². The van der Waals surface area contributed by atoms with Crippen molar-refractivity contribution >= 4 is 22.8 Å². The Hall–Kier alpha value is -2.17. The fraction of sp³-hybridized carbons (Fsp3) is 0.100. The Labute approximate surface area is 85.6 Å². The van der Waals surface area contributed by atoms with Crippen LogP contribution in [0.5, 0.6) is 0 Å². The first-order chi connectivity index (χ1) is 7.25. The van der Waals surface area contributed by atoms with E-state index >= 15 is 0 Å². The van der Waals surface area contributed by atoms with E-state index in [2.05, 4.69) is 15.0 Å². The lowest BCUT2D eigenvalue weighted by atomic mass is 10.3. The number of hydrogen-bond donors (Lipinski definition) is 1. The van der Waals surface area contributed by atoms with Gasteiger partial charge < -0.3 is 5.73 Å². The normalized spacial score (nSPS) is 11.3. The Morgan fingerprint density at radius 3 is 2.80 bits per heavy atom. The van der Waals surface area contributed by atoms with Gasteiger partial charge in [0, 0.05) is 0 Å². The summed E-state index contributed by atoms with van der Waals surface area (Å²) in [5.41, 5.74) is 7.65. The number of nitrogen functional groups attached to an aromatic ring is 1. The molecule has 0 saturated carbocycles. The van der Waals surface area contributed by atoms with Gasteiger partial charge in [-0.2, -0.15) is 9.97 Å². The van der Waals surface area contributed by atoms with Crippen LogP contribution in [0, 0.1) is 6.92 Å². The Morgan fingerprint density at radius 2 is 1.93 bits per heavy atom. The predicted octanol–water partition coefficient (Wildman–Crippen LogP) is 1.17. The molecular formula is C10H9N5. The summed E-state index contributed by atoms with van der Waals surface area (Å²) in [6.45, 7) is 1.80. The standard InChI is InChI=1S/C10H9N5/c1-6-12-9(11)15-8-5-3-2-4-7(8)14-10(15)13-6/h2-5H,1H3,(H2,11,12,13,14). The van der Waals surface area contributed by atoms with E-state index in [0.717, 1.165) is 11.0 Å². The van der Waals surface area contributed by atoms with E-state index in [4.69, 9.17) is 5.73 Å². The number of aromatic nitrogens is 4. The highest BCUT2D eigenvalue weighted by atomic mass is 15.2. The number of anilines is 1. The minimum Gasteiger partial charge on any atom is -0.369 e. The van der Waals surface area contributed by atoms with Gasteiger partial charge in [-0.15, -0.1) is 0 Å². The number of nitrogens with two attached hydrogens (primary N) is 1. The lowest BCUT2D eigenvalue weighted by Crippen LogP contribution is -2.04. The summed E-state index contributed by atoms with van der Waals surface area (Å²) in [7, 11) is 0. The molecule has 0 radical (unpaired) electrons. The molecule has 0 bridgehead atoms. The molecule has 0 aliphatic rings. The number of benzene rings is 1. The van der Waals surface area contributed by atoms with E-state index in [1.54, 1.807) is 11.3 Å². The van der Waals surface area contributed by atoms with E-state index in [1.807, 2.05) is 24.3 Å². The van der Waals surface area contributed by atoms with E-state index in [-0.39, 0.29) is 0 Å². The molecule has 0 aliphatic heterocycles. The molecule has 0 saturated heterocycles. The molecule has 2 N–H and O–H groups in total. The van der Waals surface area contributed by atoms with Gasteiger partial charge in [-0.1, -0.05) is 12.1 Å². The van der Waals surface area contributed by atoms with Gasteiger partial charge in [0.1, 0.15) is 5.82 Å². The smallest absolute Gasteiger partial charge is 0.239 e. The van der Waals surface area contributed by atoms with Crippen LogP contribution < -0.4 is 5.73 Å². The Balaban J connectivity index is 2.61. The Kier molecular flexibility index (Phi) is 1.45. The summed E-state index contributed by atoms with van der Waals surface area (Å²) in [6, 6.07) is 7.75. The third-order valence-corrected chi connectivity index (χ3v) is 2.31. The molecular weight excluding hydrogens is 190 g/mol. The fourth-order valence-corrected chi connectivity index (χ4v) is 1.70. The molecule has 0 spiro atoms. The number of imidazole rings is 1. The average molecular weight is 199 g/mol. The number of aryl methyl sites for hydroxylation is 1. The number of fused-ring (bicyclic) bond motifs is 3. The molecule has 5 heteroatoms. The first kappa shape index (κ1) is 8.16. The molecule has 3 aromatic rings. The van der Waals surface area contributed by atoms with Gasteiger partial charge in [0.15, 0.2) is 0 Å². The lowest BCUT2D eigenvalue weighted by Gasteiger charge is -1.99. The molecule has 2 aromatic heterocycles. The van der Waals surface area contributed by atoms with Crippen LogP contribution in [-0.2, 0) is 0 Å². The zero-order valence-electron chi connectivity index (χ0n) is 8.18. The van der Waals surface area contributed by atoms with Crippen LogP contribution in [-0.4, -0.2) is 19.4 Å². The highest BCUT2D eigenvalue weighted by Gasteiger charge is 2.08. The van der Waals surface area contributed by atoms with Gasteiger partial charge in [-0.05, 0) is 19.1 Å². The zero-order valence-corrected chi connectivity index (χ0v) is 8.18. The molecule has 0 unspecified atom stereocenters. The van der Waals surface area contributed by atoms with Crippen LogP contribution in [0.25, 0.3) is 16.8 Å². The number of hydrogen-bond acceptors (Lipinski definition) is 4. The van der Waals surface area contributed by atoms with Crippen LogP contribution in [0.15, 0.2) is 24.3 Å². The Bertz CT molecular complexity index is 655. The highest BCUT2D eigenvalue weighted by molar-refractivity contribution is 5.80. The molecule has 3 rings (SSSR count). The van der Waals surface area contributed by atoms with Crippen molar-refractivity contribution in [2.45, 2.75) is 6.92 Å². The third kappa shape index (κ3) is 1.06. The number of nitrogens with zero attached hydrogens (tertiary/aromatic N) is 4. The summed E-state index contributed by atoms with van der Waals surface area (Å²) < 4.78 is 1.75. The predicted molar refractivity (Wildman–Crippen MR) is 57.4 cm³/mol. The molecule has 74 valence electrons. The van der Waals surface area contributed by atoms with Crippen molar-refractivity contribution in [3.8, 4) is 0 Å². The first-order valence-corrected chi connectivity index (χ1v) is 4.63. The van der Waals surface area contributed by atoms with Crippen molar-refractivity contribution in [1.29, 1.82) is 0 Å². The van der Waals surface area contributed by atoms with Crippen LogP contribution in [0.4, 0.5) is 5.95 Å². The molecule has 0 aliphatic carbocycles. The molecule has 0 atom stereocenters. The quantitative estimate of drug-likeness (QED) is 0.590. The van der Waals surface area contributed by atoms with E-state index in [1.165, 1.54) is 0 Å². The van der Waals surface area contributed by atoms with Crippen molar-refractivity contribution in [3.63, 3.8) is 0 Å². The second-order valence-corrected chi connectivity index (χ2v) is 3.36. The first-order valence-electron chi connectivity index (χ1n) is 4.63. The van der Waals surface area contributed by atoms with Crippen molar-refractivity contribution in [2.24, 2.45) is 0 Å². The summed E-state index contributed by atoms with van der Waals surface area (Å²) in [5, 5.41) is 0. The summed E-state index contributed by atoms with van der Waals surface area (Å²) in [5.74, 6) is 1.66. The molecule has 15 heavy (non-hydrogen) atoms. The van der Waals surface area contributed by atoms with Crippen LogP contribution in [0.3, 0.4) is 0 Å². The van der Waals surface area contributed by atoms with Gasteiger partial charge >= 0.3 is 0 Å². The second-order valence-electron chi connectivity index (χ2n) is 3.36. The van der Waals surface area contributed by atoms with Gasteiger partial charge in [0.25, 0.3) is 0 Å². The van der Waals surface area contributed by atoms with Gasteiger partial charge in [-0.25, -0.2) is 9.38 Å². The highest BCUT2D eigenvalue weighted by Crippen LogP contribution is 2.17. The number of rotatable bonds is 0. The Morgan fingerprint density at radius 1 is 1.13 bits per heavy atom. The molecule has 1 aromatic carbocycles. The van der Waals surface area contributed by atoms with Crippen molar-refractivity contribution in [2.75, 3.05) is 5.73 Å². The lowest BCUT2D eigenvalue weighted by molar-refractivity contribution is 0.984. The topological polar surface area (TPSA) is 69.1 Å². The molecule has 0 amide bonds. The minimum absolute atomic E-state index is 0.422. The van der Waals surface area contributed by atoms with Crippen LogP contribution in [0.2, 0.25) is 0 Å². The minimum atomic E-state index is 0.422.